The van der Waals surface area contributed by atoms with Gasteiger partial charge in [0.15, 0.2) is 0 Å². The number of likely N-dealkylation sites (N-methyl/N-ethyl adjacent to an activating group) is 1. The zero-order chi connectivity index (χ0) is 27.3. The number of hydrogen-bond acceptors (Lipinski definition) is 4. The van der Waals surface area contributed by atoms with E-state index in [0.29, 0.717) is 37.9 Å². The molecule has 2 amide bonds. The van der Waals surface area contributed by atoms with Gasteiger partial charge >= 0.3 is 6.18 Å². The first-order chi connectivity index (χ1) is 18.1. The maximum Gasteiger partial charge on any atom is 0.416 e. The summed E-state index contributed by atoms with van der Waals surface area (Å²) in [5, 5.41) is 6.27. The Morgan fingerprint density at radius 1 is 0.974 bits per heavy atom. The minimum absolute atomic E-state index is 0.0800. The summed E-state index contributed by atoms with van der Waals surface area (Å²) in [7, 11) is 1.99. The normalized spacial score (nSPS) is 20.7. The van der Waals surface area contributed by atoms with E-state index in [2.05, 4.69) is 15.5 Å². The number of nitrogens with one attached hydrogen (secondary N) is 2. The van der Waals surface area contributed by atoms with Crippen LogP contribution < -0.4 is 10.6 Å². The Labute approximate surface area is 220 Å². The maximum absolute atomic E-state index is 13.3. The van der Waals surface area contributed by atoms with Gasteiger partial charge in [0.2, 0.25) is 5.91 Å². The van der Waals surface area contributed by atoms with Crippen LogP contribution in [0.3, 0.4) is 0 Å². The van der Waals surface area contributed by atoms with Gasteiger partial charge in [-0.15, -0.1) is 0 Å². The van der Waals surface area contributed by atoms with Crippen molar-refractivity contribution in [1.82, 2.24) is 20.4 Å². The third-order valence-corrected chi connectivity index (χ3v) is 7.31. The van der Waals surface area contributed by atoms with Crippen molar-refractivity contribution in [3.05, 3.63) is 71.0 Å². The van der Waals surface area contributed by atoms with Gasteiger partial charge in [-0.3, -0.25) is 9.59 Å². The lowest BCUT2D eigenvalue weighted by molar-refractivity contribution is -0.137. The van der Waals surface area contributed by atoms with Gasteiger partial charge in [-0.05, 0) is 81.2 Å². The largest absolute Gasteiger partial charge is 0.416 e. The first-order valence-corrected chi connectivity index (χ1v) is 13.1. The molecule has 0 bridgehead atoms. The number of benzene rings is 2. The Bertz CT molecular complexity index is 1080. The molecule has 1 saturated carbocycles. The molecule has 1 saturated heterocycles. The number of amides is 2. The van der Waals surface area contributed by atoms with E-state index in [1.807, 2.05) is 19.2 Å². The summed E-state index contributed by atoms with van der Waals surface area (Å²) < 4.78 is 51.8. The molecule has 2 fully saturated rings. The Morgan fingerprint density at radius 3 is 2.26 bits per heavy atom. The summed E-state index contributed by atoms with van der Waals surface area (Å²) in [6, 6.07) is 10.2. The second kappa shape index (κ2) is 12.3. The number of rotatable bonds is 10. The van der Waals surface area contributed by atoms with Crippen molar-refractivity contribution in [3.63, 3.8) is 0 Å². The van der Waals surface area contributed by atoms with Crippen LogP contribution in [0.5, 0.6) is 0 Å². The predicted octanol–water partition coefficient (Wildman–Crippen LogP) is 4.03. The predicted molar refractivity (Wildman–Crippen MR) is 136 cm³/mol. The van der Waals surface area contributed by atoms with Gasteiger partial charge in [0.25, 0.3) is 5.91 Å². The maximum atomic E-state index is 13.3. The fourth-order valence-corrected chi connectivity index (χ4v) is 4.82. The van der Waals surface area contributed by atoms with Gasteiger partial charge in [0.05, 0.1) is 5.56 Å². The molecule has 2 aromatic carbocycles. The first kappa shape index (κ1) is 28.0. The monoisotopic (exact) mass is 534 g/mol. The smallest absolute Gasteiger partial charge is 0.340 e. The van der Waals surface area contributed by atoms with Crippen LogP contribution in [0.4, 0.5) is 17.6 Å². The van der Waals surface area contributed by atoms with Crippen LogP contribution >= 0.6 is 0 Å². The van der Waals surface area contributed by atoms with Gasteiger partial charge in [-0.25, -0.2) is 4.39 Å². The van der Waals surface area contributed by atoms with Gasteiger partial charge in [-0.1, -0.05) is 12.1 Å². The third-order valence-electron chi connectivity index (χ3n) is 7.31. The zero-order valence-corrected chi connectivity index (χ0v) is 21.4. The summed E-state index contributed by atoms with van der Waals surface area (Å²) in [4.78, 5) is 30.0. The number of nitrogens with zero attached hydrogens (tertiary/aromatic N) is 2. The number of carbonyl (C=O) groups excluding carboxylic acids is 2. The second-order valence-electron chi connectivity index (χ2n) is 10.2. The SMILES string of the molecule is CN1CCN(C(=O)[C@H](CCCCNC2C[C@H]2c2ccc(F)cc2)NC(=O)c2ccc(C(F)(F)F)cc2)CC1. The minimum atomic E-state index is -4.48. The highest BCUT2D eigenvalue weighted by atomic mass is 19.4. The molecule has 1 aliphatic heterocycles. The van der Waals surface area contributed by atoms with Gasteiger partial charge in [0.1, 0.15) is 11.9 Å². The van der Waals surface area contributed by atoms with Crippen molar-refractivity contribution in [3.8, 4) is 0 Å². The molecule has 1 unspecified atom stereocenters. The fraction of sp³-hybridized carbons (Fsp3) is 0.500. The molecule has 10 heteroatoms. The lowest BCUT2D eigenvalue weighted by atomic mass is 10.1. The number of carbonyl (C=O) groups is 2. The molecule has 3 atom stereocenters. The topological polar surface area (TPSA) is 64.7 Å². The van der Waals surface area contributed by atoms with Crippen LogP contribution in [-0.2, 0) is 11.0 Å². The standard InChI is InChI=1S/C28H34F4N4O2/c1-35-14-16-36(17-15-35)27(38)24(34-26(37)20-5-9-21(10-6-20)28(30,31)32)4-2-3-13-33-25-18-23(25)19-7-11-22(29)12-8-19/h5-12,23-25,33H,2-4,13-18H2,1H3,(H,34,37)/t23-,24-,25?/m0/s1. The number of hydrogen-bond donors (Lipinski definition) is 2. The Hall–Kier alpha value is -2.98. The van der Waals surface area contributed by atoms with Gasteiger partial charge < -0.3 is 20.4 Å². The Balaban J connectivity index is 1.29. The molecule has 2 aliphatic rings. The van der Waals surface area contributed by atoms with Crippen LogP contribution in [-0.4, -0.2) is 73.5 Å². The number of unbranched alkanes of at least 4 members (excludes halogenated alkanes) is 1. The molecular weight excluding hydrogens is 500 g/mol. The number of piperazine rings is 1. The molecule has 1 aliphatic carbocycles. The lowest BCUT2D eigenvalue weighted by Gasteiger charge is -2.34. The fourth-order valence-electron chi connectivity index (χ4n) is 4.82. The van der Waals surface area contributed by atoms with Crippen LogP contribution in [0.25, 0.3) is 0 Å². The van der Waals surface area contributed by atoms with E-state index in [9.17, 15) is 27.2 Å². The molecule has 0 spiro atoms. The summed E-state index contributed by atoms with van der Waals surface area (Å²) in [6.07, 6.45) is -1.55. The van der Waals surface area contributed by atoms with Crippen molar-refractivity contribution < 1.29 is 27.2 Å². The van der Waals surface area contributed by atoms with Crippen LogP contribution in [0.1, 0.15) is 53.1 Å². The van der Waals surface area contributed by atoms with Crippen LogP contribution in [0.2, 0.25) is 0 Å². The molecular formula is C28H34F4N4O2. The third kappa shape index (κ3) is 7.54. The molecule has 2 N–H and O–H groups in total. The van der Waals surface area contributed by atoms with Crippen molar-refractivity contribution in [2.24, 2.45) is 0 Å². The van der Waals surface area contributed by atoms with E-state index in [1.165, 1.54) is 12.1 Å². The summed E-state index contributed by atoms with van der Waals surface area (Å²) in [6.45, 7) is 3.37. The van der Waals surface area contributed by atoms with Crippen LogP contribution in [0, 0.1) is 5.82 Å². The average molecular weight is 535 g/mol. The first-order valence-electron chi connectivity index (χ1n) is 13.1. The van der Waals surface area contributed by atoms with Gasteiger partial charge in [-0.2, -0.15) is 13.2 Å². The lowest BCUT2D eigenvalue weighted by Crippen LogP contribution is -2.54. The van der Waals surface area contributed by atoms with Crippen LogP contribution in [0.15, 0.2) is 48.5 Å². The highest BCUT2D eigenvalue weighted by Crippen LogP contribution is 2.40. The quantitative estimate of drug-likeness (QED) is 0.357. The summed E-state index contributed by atoms with van der Waals surface area (Å²) in [5.41, 5.74) is 0.369. The summed E-state index contributed by atoms with van der Waals surface area (Å²) in [5.74, 6) is -0.593. The molecule has 2 aromatic rings. The van der Waals surface area contributed by atoms with Gasteiger partial charge in [0, 0.05) is 43.7 Å². The van der Waals surface area contributed by atoms with E-state index >= 15 is 0 Å². The molecule has 206 valence electrons. The minimum Gasteiger partial charge on any atom is -0.340 e. The number of halogens is 4. The molecule has 38 heavy (non-hydrogen) atoms. The van der Waals surface area contributed by atoms with E-state index in [1.54, 1.807) is 4.90 Å². The molecule has 0 radical (unpaired) electrons. The molecule has 1 heterocycles. The van der Waals surface area contributed by atoms with Crippen molar-refractivity contribution in [2.45, 2.75) is 49.9 Å². The Morgan fingerprint density at radius 2 is 1.63 bits per heavy atom. The van der Waals surface area contributed by atoms with E-state index in [0.717, 1.165) is 62.3 Å². The highest BCUT2D eigenvalue weighted by molar-refractivity contribution is 5.97. The summed E-state index contributed by atoms with van der Waals surface area (Å²) >= 11 is 0. The highest BCUT2D eigenvalue weighted by Gasteiger charge is 2.37. The van der Waals surface area contributed by atoms with Crippen molar-refractivity contribution in [1.29, 1.82) is 0 Å². The number of alkyl halides is 3. The molecule has 4 rings (SSSR count). The van der Waals surface area contributed by atoms with E-state index < -0.39 is 23.7 Å². The van der Waals surface area contributed by atoms with E-state index in [-0.39, 0.29) is 17.3 Å². The van der Waals surface area contributed by atoms with Crippen molar-refractivity contribution >= 4 is 11.8 Å². The Kier molecular flexibility index (Phi) is 9.04. The second-order valence-corrected chi connectivity index (χ2v) is 10.2. The zero-order valence-electron chi connectivity index (χ0n) is 21.4. The van der Waals surface area contributed by atoms with Crippen molar-refractivity contribution in [2.75, 3.05) is 39.8 Å². The van der Waals surface area contributed by atoms with E-state index in [4.69, 9.17) is 0 Å². The molecule has 6 nitrogen and oxygen atoms in total. The molecule has 0 aromatic heterocycles. The average Bonchev–Trinajstić information content (AvgIpc) is 3.67.